The van der Waals surface area contributed by atoms with E-state index in [-0.39, 0.29) is 0 Å². The molecule has 0 atom stereocenters. The van der Waals surface area contributed by atoms with Gasteiger partial charge in [-0.15, -0.1) is 11.3 Å². The Kier molecular flexibility index (Phi) is 5.19. The topological polar surface area (TPSA) is 67.1 Å². The van der Waals surface area contributed by atoms with Crippen molar-refractivity contribution in [3.8, 4) is 0 Å². The van der Waals surface area contributed by atoms with Crippen LogP contribution in [0.3, 0.4) is 0 Å². The van der Waals surface area contributed by atoms with Crippen molar-refractivity contribution in [2.75, 3.05) is 29.5 Å². The molecule has 20 heavy (non-hydrogen) atoms. The predicted molar refractivity (Wildman–Crippen MR) is 89.4 cm³/mol. The van der Waals surface area contributed by atoms with Crippen molar-refractivity contribution >= 4 is 44.9 Å². The van der Waals surface area contributed by atoms with E-state index in [0.29, 0.717) is 5.95 Å². The fourth-order valence-electron chi connectivity index (χ4n) is 1.78. The molecule has 2 rings (SSSR count). The zero-order chi connectivity index (χ0) is 14.5. The first kappa shape index (κ1) is 15.1. The van der Waals surface area contributed by atoms with Crippen LogP contribution in [0.25, 0.3) is 0 Å². The third-order valence-corrected chi connectivity index (χ3v) is 4.27. The van der Waals surface area contributed by atoms with Crippen molar-refractivity contribution in [2.24, 2.45) is 0 Å². The maximum Gasteiger partial charge on any atom is 0.223 e. The van der Waals surface area contributed by atoms with Gasteiger partial charge in [0, 0.05) is 26.2 Å². The third-order valence-electron chi connectivity index (χ3n) is 2.72. The molecule has 2 aromatic heterocycles. The van der Waals surface area contributed by atoms with E-state index in [0.717, 1.165) is 34.9 Å². The summed E-state index contributed by atoms with van der Waals surface area (Å²) in [6, 6.07) is 4.04. The molecule has 0 saturated carbocycles. The molecule has 0 fully saturated rings. The van der Waals surface area contributed by atoms with Crippen molar-refractivity contribution in [3.05, 3.63) is 26.9 Å². The number of nitrogens with one attached hydrogen (secondary N) is 1. The van der Waals surface area contributed by atoms with Crippen LogP contribution >= 0.6 is 27.3 Å². The first-order valence-electron chi connectivity index (χ1n) is 6.41. The maximum absolute atomic E-state index is 5.77. The molecule has 108 valence electrons. The summed E-state index contributed by atoms with van der Waals surface area (Å²) in [5.41, 5.74) is 7.01. The number of anilines is 3. The van der Waals surface area contributed by atoms with Gasteiger partial charge in [-0.3, -0.25) is 0 Å². The van der Waals surface area contributed by atoms with Gasteiger partial charge in [0.05, 0.1) is 3.79 Å². The molecule has 0 aliphatic carbocycles. The second kappa shape index (κ2) is 6.90. The van der Waals surface area contributed by atoms with Crippen LogP contribution in [0.5, 0.6) is 0 Å². The van der Waals surface area contributed by atoms with Gasteiger partial charge < -0.3 is 16.0 Å². The third kappa shape index (κ3) is 4.08. The van der Waals surface area contributed by atoms with Gasteiger partial charge in [0.1, 0.15) is 11.6 Å². The quantitative estimate of drug-likeness (QED) is 0.831. The number of thiophene rings is 1. The Balaban J connectivity index is 2.12. The second-order valence-electron chi connectivity index (χ2n) is 4.51. The van der Waals surface area contributed by atoms with Gasteiger partial charge in [-0.05, 0) is 39.4 Å². The summed E-state index contributed by atoms with van der Waals surface area (Å²) in [6.45, 7) is 3.77. The Morgan fingerprint density at radius 3 is 2.85 bits per heavy atom. The number of nitrogen functional groups attached to an aromatic ring is 1. The molecule has 0 radical (unpaired) electrons. The van der Waals surface area contributed by atoms with Crippen LogP contribution in [0.2, 0.25) is 0 Å². The van der Waals surface area contributed by atoms with Gasteiger partial charge in [-0.1, -0.05) is 6.92 Å². The van der Waals surface area contributed by atoms with E-state index in [1.165, 1.54) is 5.56 Å². The van der Waals surface area contributed by atoms with Crippen LogP contribution in [0.4, 0.5) is 17.6 Å². The van der Waals surface area contributed by atoms with Crippen LogP contribution < -0.4 is 16.0 Å². The van der Waals surface area contributed by atoms with Crippen molar-refractivity contribution in [3.63, 3.8) is 0 Å². The van der Waals surface area contributed by atoms with Crippen molar-refractivity contribution in [1.82, 2.24) is 9.97 Å². The lowest BCUT2D eigenvalue weighted by Gasteiger charge is -2.18. The number of aromatic nitrogens is 2. The molecule has 0 aliphatic rings. The second-order valence-corrected chi connectivity index (χ2v) is 6.80. The van der Waals surface area contributed by atoms with Crippen LogP contribution in [0, 0.1) is 0 Å². The Labute approximate surface area is 131 Å². The van der Waals surface area contributed by atoms with Gasteiger partial charge in [0.2, 0.25) is 5.95 Å². The van der Waals surface area contributed by atoms with Crippen LogP contribution in [-0.4, -0.2) is 23.6 Å². The van der Waals surface area contributed by atoms with E-state index >= 15 is 0 Å². The van der Waals surface area contributed by atoms with Crippen LogP contribution in [0.15, 0.2) is 21.3 Å². The molecular formula is C13H18BrN5S. The Morgan fingerprint density at radius 2 is 2.20 bits per heavy atom. The SMILES string of the molecule is CCCNc1cc(N(C)Cc2csc(Br)c2)nc(N)n1. The minimum absolute atomic E-state index is 0.291. The number of rotatable bonds is 6. The number of hydrogen-bond acceptors (Lipinski definition) is 6. The van der Waals surface area contributed by atoms with Gasteiger partial charge >= 0.3 is 0 Å². The molecule has 0 spiro atoms. The molecule has 2 aromatic rings. The standard InChI is InChI=1S/C13H18BrN5S/c1-3-4-16-11-6-12(18-13(15)17-11)19(2)7-9-5-10(14)20-8-9/h5-6,8H,3-4,7H2,1-2H3,(H3,15,16,17,18). The van der Waals surface area contributed by atoms with Gasteiger partial charge in [-0.25, -0.2) is 0 Å². The monoisotopic (exact) mass is 355 g/mol. The fourth-order valence-corrected chi connectivity index (χ4v) is 2.98. The summed E-state index contributed by atoms with van der Waals surface area (Å²) in [4.78, 5) is 10.5. The molecule has 0 aliphatic heterocycles. The number of hydrogen-bond donors (Lipinski definition) is 2. The Morgan fingerprint density at radius 1 is 1.40 bits per heavy atom. The molecule has 5 nitrogen and oxygen atoms in total. The lowest BCUT2D eigenvalue weighted by Crippen LogP contribution is -2.19. The summed E-state index contributed by atoms with van der Waals surface area (Å²) < 4.78 is 1.13. The van der Waals surface area contributed by atoms with E-state index < -0.39 is 0 Å². The summed E-state index contributed by atoms with van der Waals surface area (Å²) in [5, 5.41) is 5.36. The first-order chi connectivity index (χ1) is 9.58. The highest BCUT2D eigenvalue weighted by Crippen LogP contribution is 2.23. The molecule has 3 N–H and O–H groups in total. The van der Waals surface area contributed by atoms with E-state index in [4.69, 9.17) is 5.73 Å². The minimum Gasteiger partial charge on any atom is -0.370 e. The van der Waals surface area contributed by atoms with Crippen molar-refractivity contribution < 1.29 is 0 Å². The van der Waals surface area contributed by atoms with E-state index in [9.17, 15) is 0 Å². The maximum atomic E-state index is 5.77. The average molecular weight is 356 g/mol. The predicted octanol–water partition coefficient (Wildman–Crippen LogP) is 3.34. The molecular weight excluding hydrogens is 338 g/mol. The molecule has 7 heteroatoms. The molecule has 0 amide bonds. The lowest BCUT2D eigenvalue weighted by molar-refractivity contribution is 0.894. The summed E-state index contributed by atoms with van der Waals surface area (Å²) in [6.07, 6.45) is 1.04. The lowest BCUT2D eigenvalue weighted by atomic mass is 10.3. The molecule has 0 aromatic carbocycles. The summed E-state index contributed by atoms with van der Waals surface area (Å²) in [7, 11) is 2.00. The average Bonchev–Trinajstić information content (AvgIpc) is 2.81. The first-order valence-corrected chi connectivity index (χ1v) is 8.08. The molecule has 0 unspecified atom stereocenters. The molecule has 2 heterocycles. The van der Waals surface area contributed by atoms with E-state index in [1.807, 2.05) is 13.1 Å². The highest BCUT2D eigenvalue weighted by Gasteiger charge is 2.08. The smallest absolute Gasteiger partial charge is 0.223 e. The molecule has 0 bridgehead atoms. The van der Waals surface area contributed by atoms with E-state index in [1.54, 1.807) is 11.3 Å². The van der Waals surface area contributed by atoms with Crippen LogP contribution in [0.1, 0.15) is 18.9 Å². The largest absolute Gasteiger partial charge is 0.370 e. The Bertz CT molecular complexity index is 572. The van der Waals surface area contributed by atoms with Crippen molar-refractivity contribution in [2.45, 2.75) is 19.9 Å². The zero-order valence-electron chi connectivity index (χ0n) is 11.6. The highest BCUT2D eigenvalue weighted by molar-refractivity contribution is 9.11. The highest BCUT2D eigenvalue weighted by atomic mass is 79.9. The van der Waals surface area contributed by atoms with Gasteiger partial charge in [0.25, 0.3) is 0 Å². The summed E-state index contributed by atoms with van der Waals surface area (Å²) in [5.74, 6) is 1.88. The summed E-state index contributed by atoms with van der Waals surface area (Å²) >= 11 is 5.15. The number of halogens is 1. The van der Waals surface area contributed by atoms with E-state index in [2.05, 4.69) is 54.5 Å². The fraction of sp³-hybridized carbons (Fsp3) is 0.385. The van der Waals surface area contributed by atoms with Gasteiger partial charge in [-0.2, -0.15) is 9.97 Å². The molecule has 0 saturated heterocycles. The number of nitrogens with zero attached hydrogens (tertiary/aromatic N) is 3. The zero-order valence-corrected chi connectivity index (χ0v) is 14.0. The Hall–Kier alpha value is -1.34. The number of nitrogens with two attached hydrogens (primary N) is 1. The normalized spacial score (nSPS) is 10.6. The van der Waals surface area contributed by atoms with Gasteiger partial charge in [0.15, 0.2) is 0 Å². The van der Waals surface area contributed by atoms with Crippen LogP contribution in [-0.2, 0) is 6.54 Å². The van der Waals surface area contributed by atoms with Crippen molar-refractivity contribution in [1.29, 1.82) is 0 Å². The minimum atomic E-state index is 0.291.